The highest BCUT2D eigenvalue weighted by Crippen LogP contribution is 2.26. The van der Waals surface area contributed by atoms with Crippen LogP contribution in [0.4, 0.5) is 0 Å². The zero-order chi connectivity index (χ0) is 14.7. The van der Waals surface area contributed by atoms with Gasteiger partial charge in [-0.15, -0.1) is 0 Å². The number of thiocarbonyl (C=S) groups is 1. The predicted octanol–water partition coefficient (Wildman–Crippen LogP) is 3.94. The molecule has 0 fully saturated rings. The van der Waals surface area contributed by atoms with E-state index in [1.807, 2.05) is 25.1 Å². The molecule has 0 aliphatic heterocycles. The molecular formula is C16H18N2OS. The Hall–Kier alpha value is -1.94. The molecule has 20 heavy (non-hydrogen) atoms. The number of hydrogen-bond acceptors (Lipinski definition) is 3. The Kier molecular flexibility index (Phi) is 4.35. The topological polar surface area (TPSA) is 48.1 Å². The van der Waals surface area contributed by atoms with Gasteiger partial charge in [-0.05, 0) is 42.2 Å². The van der Waals surface area contributed by atoms with E-state index in [0.29, 0.717) is 22.3 Å². The Labute approximate surface area is 124 Å². The first-order chi connectivity index (χ1) is 9.49. The number of nitrogens with two attached hydrogens (primary N) is 1. The van der Waals surface area contributed by atoms with Gasteiger partial charge in [-0.25, -0.2) is 4.98 Å². The third kappa shape index (κ3) is 3.14. The molecule has 3 nitrogen and oxygen atoms in total. The summed E-state index contributed by atoms with van der Waals surface area (Å²) in [7, 11) is 0. The number of aromatic nitrogens is 1. The number of hydrogen-bond donors (Lipinski definition) is 1. The Balaban J connectivity index is 2.30. The maximum Gasteiger partial charge on any atom is 0.229 e. The van der Waals surface area contributed by atoms with Crippen LogP contribution in [-0.4, -0.2) is 9.97 Å². The van der Waals surface area contributed by atoms with Crippen molar-refractivity contribution in [2.75, 3.05) is 0 Å². The van der Waals surface area contributed by atoms with Gasteiger partial charge in [0.2, 0.25) is 5.88 Å². The molecule has 0 bridgehead atoms. The average Bonchev–Trinajstić information content (AvgIpc) is 2.39. The second-order valence-corrected chi connectivity index (χ2v) is 5.44. The van der Waals surface area contributed by atoms with Crippen LogP contribution in [0, 0.1) is 6.92 Å². The van der Waals surface area contributed by atoms with E-state index in [4.69, 9.17) is 22.7 Å². The number of benzene rings is 1. The molecule has 0 spiro atoms. The van der Waals surface area contributed by atoms with Crippen molar-refractivity contribution in [2.24, 2.45) is 5.73 Å². The minimum atomic E-state index is 0.296. The molecule has 0 unspecified atom stereocenters. The molecule has 2 rings (SSSR count). The van der Waals surface area contributed by atoms with Crippen molar-refractivity contribution in [3.63, 3.8) is 0 Å². The molecule has 2 N–H and O–H groups in total. The van der Waals surface area contributed by atoms with E-state index in [1.165, 1.54) is 5.56 Å². The van der Waals surface area contributed by atoms with E-state index < -0.39 is 0 Å². The van der Waals surface area contributed by atoms with E-state index in [-0.39, 0.29) is 0 Å². The highest BCUT2D eigenvalue weighted by atomic mass is 32.1. The first kappa shape index (κ1) is 14.5. The second-order valence-electron chi connectivity index (χ2n) is 5.00. The lowest BCUT2D eigenvalue weighted by molar-refractivity contribution is 0.461. The van der Waals surface area contributed by atoms with Crippen LogP contribution in [-0.2, 0) is 0 Å². The molecule has 0 amide bonds. The van der Waals surface area contributed by atoms with Crippen molar-refractivity contribution in [1.82, 2.24) is 4.98 Å². The van der Waals surface area contributed by atoms with E-state index in [1.54, 1.807) is 6.20 Å². The summed E-state index contributed by atoms with van der Waals surface area (Å²) in [5.74, 6) is 1.67. The summed E-state index contributed by atoms with van der Waals surface area (Å²) in [4.78, 5) is 4.52. The normalized spacial score (nSPS) is 10.6. The summed E-state index contributed by atoms with van der Waals surface area (Å²) in [6.07, 6.45) is 1.69. The molecule has 0 aliphatic rings. The van der Waals surface area contributed by atoms with Crippen molar-refractivity contribution in [2.45, 2.75) is 26.7 Å². The maximum absolute atomic E-state index is 5.81. The first-order valence-corrected chi connectivity index (χ1v) is 6.93. The summed E-state index contributed by atoms with van der Waals surface area (Å²) < 4.78 is 5.81. The van der Waals surface area contributed by atoms with E-state index >= 15 is 0 Å². The Morgan fingerprint density at radius 3 is 2.40 bits per heavy atom. The lowest BCUT2D eigenvalue weighted by atomic mass is 10.0. The van der Waals surface area contributed by atoms with Crippen LogP contribution in [0.2, 0.25) is 0 Å². The van der Waals surface area contributed by atoms with Gasteiger partial charge in [0.1, 0.15) is 10.7 Å². The van der Waals surface area contributed by atoms with E-state index in [0.717, 1.165) is 11.3 Å². The fourth-order valence-corrected chi connectivity index (χ4v) is 2.19. The van der Waals surface area contributed by atoms with Crippen molar-refractivity contribution >= 4 is 17.2 Å². The van der Waals surface area contributed by atoms with Crippen molar-refractivity contribution < 1.29 is 4.74 Å². The number of pyridine rings is 1. The van der Waals surface area contributed by atoms with Crippen LogP contribution in [0.15, 0.2) is 36.5 Å². The van der Waals surface area contributed by atoms with Crippen LogP contribution in [0.3, 0.4) is 0 Å². The SMILES string of the molecule is Cc1ccnc(Oc2ccc(C(C)C)cc2)c1C(N)=S. The third-order valence-corrected chi connectivity index (χ3v) is 3.34. The average molecular weight is 286 g/mol. The summed E-state index contributed by atoms with van der Waals surface area (Å²) >= 11 is 5.07. The highest BCUT2D eigenvalue weighted by molar-refractivity contribution is 7.80. The van der Waals surface area contributed by atoms with Gasteiger partial charge >= 0.3 is 0 Å². The lowest BCUT2D eigenvalue weighted by Crippen LogP contribution is -2.13. The van der Waals surface area contributed by atoms with E-state index in [9.17, 15) is 0 Å². The van der Waals surface area contributed by atoms with Gasteiger partial charge in [0.15, 0.2) is 0 Å². The highest BCUT2D eigenvalue weighted by Gasteiger charge is 2.12. The van der Waals surface area contributed by atoms with Gasteiger partial charge in [-0.1, -0.05) is 38.2 Å². The molecule has 2 aromatic rings. The van der Waals surface area contributed by atoms with Gasteiger partial charge < -0.3 is 10.5 Å². The maximum atomic E-state index is 5.81. The zero-order valence-corrected chi connectivity index (χ0v) is 12.7. The van der Waals surface area contributed by atoms with Crippen LogP contribution in [0.1, 0.15) is 36.5 Å². The molecule has 1 aromatic heterocycles. The van der Waals surface area contributed by atoms with Gasteiger partial charge in [-0.2, -0.15) is 0 Å². The minimum Gasteiger partial charge on any atom is -0.438 e. The van der Waals surface area contributed by atoms with Crippen molar-refractivity contribution in [1.29, 1.82) is 0 Å². The summed E-state index contributed by atoms with van der Waals surface area (Å²) in [5.41, 5.74) is 8.66. The summed E-state index contributed by atoms with van der Waals surface area (Å²) in [6, 6.07) is 9.83. The number of ether oxygens (including phenoxy) is 1. The smallest absolute Gasteiger partial charge is 0.229 e. The van der Waals surface area contributed by atoms with Crippen LogP contribution < -0.4 is 10.5 Å². The second kappa shape index (κ2) is 6.01. The summed E-state index contributed by atoms with van der Waals surface area (Å²) in [5, 5.41) is 0. The molecule has 4 heteroatoms. The Morgan fingerprint density at radius 1 is 1.20 bits per heavy atom. The minimum absolute atomic E-state index is 0.296. The standard InChI is InChI=1S/C16H18N2OS/c1-10(2)12-4-6-13(7-5-12)19-16-14(15(17)20)11(3)8-9-18-16/h4-10H,1-3H3,(H2,17,20). The molecule has 0 radical (unpaired) electrons. The molecule has 1 aromatic carbocycles. The summed E-state index contributed by atoms with van der Waals surface area (Å²) in [6.45, 7) is 6.25. The molecule has 1 heterocycles. The zero-order valence-electron chi connectivity index (χ0n) is 11.9. The lowest BCUT2D eigenvalue weighted by Gasteiger charge is -2.12. The van der Waals surface area contributed by atoms with Crippen LogP contribution in [0.25, 0.3) is 0 Å². The van der Waals surface area contributed by atoms with Crippen LogP contribution >= 0.6 is 12.2 Å². The molecule has 0 atom stereocenters. The predicted molar refractivity (Wildman–Crippen MR) is 85.5 cm³/mol. The van der Waals surface area contributed by atoms with Gasteiger partial charge in [0.25, 0.3) is 0 Å². The number of aryl methyl sites for hydroxylation is 1. The fourth-order valence-electron chi connectivity index (χ4n) is 1.94. The van der Waals surface area contributed by atoms with Crippen molar-refractivity contribution in [3.05, 3.63) is 53.2 Å². The fraction of sp³-hybridized carbons (Fsp3) is 0.250. The first-order valence-electron chi connectivity index (χ1n) is 6.52. The van der Waals surface area contributed by atoms with Crippen molar-refractivity contribution in [3.8, 4) is 11.6 Å². The van der Waals surface area contributed by atoms with Gasteiger partial charge in [0, 0.05) is 6.20 Å². The molecule has 0 saturated heterocycles. The van der Waals surface area contributed by atoms with Gasteiger partial charge in [-0.3, -0.25) is 0 Å². The quantitative estimate of drug-likeness (QED) is 0.865. The largest absolute Gasteiger partial charge is 0.438 e. The Bertz CT molecular complexity index is 621. The Morgan fingerprint density at radius 2 is 1.85 bits per heavy atom. The van der Waals surface area contributed by atoms with Gasteiger partial charge in [0.05, 0.1) is 5.56 Å². The third-order valence-electron chi connectivity index (χ3n) is 3.13. The molecule has 0 aliphatic carbocycles. The van der Waals surface area contributed by atoms with Crippen LogP contribution in [0.5, 0.6) is 11.6 Å². The number of nitrogens with zero attached hydrogens (tertiary/aromatic N) is 1. The molecule has 104 valence electrons. The monoisotopic (exact) mass is 286 g/mol. The molecule has 0 saturated carbocycles. The number of rotatable bonds is 4. The molecular weight excluding hydrogens is 268 g/mol. The van der Waals surface area contributed by atoms with E-state index in [2.05, 4.69) is 31.0 Å².